The molecule has 0 unspecified atom stereocenters. The minimum Gasteiger partial charge on any atom is -0.254 e. The Morgan fingerprint density at radius 1 is 1.53 bits per heavy atom. The second-order valence-electron chi connectivity index (χ2n) is 2.87. The highest BCUT2D eigenvalue weighted by molar-refractivity contribution is 9.10. The predicted octanol–water partition coefficient (Wildman–Crippen LogP) is 1.20. The van der Waals surface area contributed by atoms with Gasteiger partial charge in [-0.15, -0.1) is 0 Å². The van der Waals surface area contributed by atoms with E-state index in [-0.39, 0.29) is 10.3 Å². The van der Waals surface area contributed by atoms with Gasteiger partial charge < -0.3 is 0 Å². The van der Waals surface area contributed by atoms with Crippen LogP contribution in [0, 0.1) is 5.82 Å². The van der Waals surface area contributed by atoms with Crippen molar-refractivity contribution in [1.29, 1.82) is 0 Å². The zero-order valence-electron chi connectivity index (χ0n) is 8.03. The molecule has 0 aliphatic heterocycles. The maximum absolute atomic E-state index is 12.7. The van der Waals surface area contributed by atoms with Gasteiger partial charge in [-0.3, -0.25) is 4.72 Å². The average molecular weight is 298 g/mol. The van der Waals surface area contributed by atoms with Crippen molar-refractivity contribution < 1.29 is 12.8 Å². The largest absolute Gasteiger partial charge is 0.302 e. The molecular formula is C7H9BrFN3O2S. The van der Waals surface area contributed by atoms with Crippen LogP contribution in [0.5, 0.6) is 0 Å². The van der Waals surface area contributed by atoms with Crippen molar-refractivity contribution >= 4 is 32.0 Å². The second-order valence-corrected chi connectivity index (χ2v) is 5.61. The summed E-state index contributed by atoms with van der Waals surface area (Å²) >= 11 is 3.00. The maximum atomic E-state index is 12.7. The van der Waals surface area contributed by atoms with E-state index in [2.05, 4.69) is 25.6 Å². The molecule has 1 aromatic heterocycles. The number of anilines is 1. The minimum absolute atomic E-state index is 0.0464. The zero-order valence-corrected chi connectivity index (χ0v) is 10.4. The normalized spacial score (nSPS) is 11.8. The minimum atomic E-state index is -3.62. The van der Waals surface area contributed by atoms with E-state index >= 15 is 0 Å². The van der Waals surface area contributed by atoms with Crippen LogP contribution in [0.25, 0.3) is 0 Å². The summed E-state index contributed by atoms with van der Waals surface area (Å²) in [6.07, 6.45) is 0.929. The van der Waals surface area contributed by atoms with Crippen LogP contribution in [0.1, 0.15) is 0 Å². The molecule has 0 amide bonds. The van der Waals surface area contributed by atoms with Crippen molar-refractivity contribution in [1.82, 2.24) is 9.29 Å². The molecule has 0 radical (unpaired) electrons. The van der Waals surface area contributed by atoms with E-state index in [1.165, 1.54) is 14.1 Å². The van der Waals surface area contributed by atoms with Crippen LogP contribution in [-0.4, -0.2) is 31.8 Å². The number of rotatable bonds is 3. The first-order valence-corrected chi connectivity index (χ1v) is 6.07. The predicted molar refractivity (Wildman–Crippen MR) is 58.1 cm³/mol. The molecule has 0 saturated heterocycles. The molecular weight excluding hydrogens is 289 g/mol. The van der Waals surface area contributed by atoms with Crippen molar-refractivity contribution in [3.63, 3.8) is 0 Å². The quantitative estimate of drug-likeness (QED) is 0.912. The summed E-state index contributed by atoms with van der Waals surface area (Å²) in [5.74, 6) is -0.500. The van der Waals surface area contributed by atoms with Gasteiger partial charge in [0.25, 0.3) is 0 Å². The topological polar surface area (TPSA) is 62.3 Å². The molecule has 0 aliphatic carbocycles. The summed E-state index contributed by atoms with van der Waals surface area (Å²) in [6.45, 7) is 0. The molecule has 0 aliphatic rings. The molecule has 8 heteroatoms. The lowest BCUT2D eigenvalue weighted by Gasteiger charge is -2.13. The van der Waals surface area contributed by atoms with Crippen LogP contribution in [0.2, 0.25) is 0 Å². The number of hydrogen-bond donors (Lipinski definition) is 1. The van der Waals surface area contributed by atoms with Gasteiger partial charge in [-0.2, -0.15) is 12.7 Å². The second kappa shape index (κ2) is 4.42. The van der Waals surface area contributed by atoms with Gasteiger partial charge in [0.15, 0.2) is 5.82 Å². The van der Waals surface area contributed by atoms with E-state index in [1.807, 2.05) is 0 Å². The summed E-state index contributed by atoms with van der Waals surface area (Å²) in [5.41, 5.74) is 0. The molecule has 0 aromatic carbocycles. The average Bonchev–Trinajstić information content (AvgIpc) is 2.09. The Bertz CT molecular complexity index is 463. The summed E-state index contributed by atoms with van der Waals surface area (Å²) in [4.78, 5) is 3.61. The van der Waals surface area contributed by atoms with E-state index < -0.39 is 16.0 Å². The van der Waals surface area contributed by atoms with Crippen LogP contribution in [0.4, 0.5) is 10.2 Å². The molecule has 1 aromatic rings. The molecule has 0 saturated carbocycles. The summed E-state index contributed by atoms with van der Waals surface area (Å²) in [7, 11) is -0.869. The Labute approximate surface area is 95.6 Å². The Kier molecular flexibility index (Phi) is 3.63. The van der Waals surface area contributed by atoms with Crippen LogP contribution in [-0.2, 0) is 10.2 Å². The lowest BCUT2D eigenvalue weighted by atomic mass is 10.4. The smallest absolute Gasteiger partial charge is 0.254 e. The number of nitrogens with zero attached hydrogens (tertiary/aromatic N) is 2. The molecule has 1 heterocycles. The number of halogens is 2. The molecule has 0 bridgehead atoms. The van der Waals surface area contributed by atoms with Crippen molar-refractivity contribution in [3.8, 4) is 0 Å². The lowest BCUT2D eigenvalue weighted by Crippen LogP contribution is -2.29. The van der Waals surface area contributed by atoms with E-state index in [9.17, 15) is 12.8 Å². The Morgan fingerprint density at radius 3 is 2.60 bits per heavy atom. The zero-order chi connectivity index (χ0) is 11.6. The Morgan fingerprint density at radius 2 is 2.13 bits per heavy atom. The van der Waals surface area contributed by atoms with E-state index in [1.54, 1.807) is 0 Å². The van der Waals surface area contributed by atoms with Gasteiger partial charge >= 0.3 is 10.2 Å². The van der Waals surface area contributed by atoms with E-state index in [4.69, 9.17) is 0 Å². The van der Waals surface area contributed by atoms with Crippen molar-refractivity contribution in [2.45, 2.75) is 0 Å². The van der Waals surface area contributed by atoms with Gasteiger partial charge in [0.2, 0.25) is 0 Å². The fourth-order valence-electron chi connectivity index (χ4n) is 0.703. The van der Waals surface area contributed by atoms with E-state index in [0.717, 1.165) is 16.6 Å². The fraction of sp³-hybridized carbons (Fsp3) is 0.286. The lowest BCUT2D eigenvalue weighted by molar-refractivity contribution is 0.526. The highest BCUT2D eigenvalue weighted by Crippen LogP contribution is 2.21. The number of hydrogen-bond acceptors (Lipinski definition) is 3. The molecule has 5 nitrogen and oxygen atoms in total. The first-order valence-electron chi connectivity index (χ1n) is 3.84. The van der Waals surface area contributed by atoms with Gasteiger partial charge in [0.1, 0.15) is 5.82 Å². The van der Waals surface area contributed by atoms with Crippen molar-refractivity contribution in [2.75, 3.05) is 18.8 Å². The number of nitrogens with one attached hydrogen (secondary N) is 1. The third-order valence-corrected chi connectivity index (χ3v) is 3.53. The molecule has 1 N–H and O–H groups in total. The van der Waals surface area contributed by atoms with Gasteiger partial charge in [-0.25, -0.2) is 9.37 Å². The van der Waals surface area contributed by atoms with Gasteiger partial charge in [-0.05, 0) is 22.0 Å². The highest BCUT2D eigenvalue weighted by Gasteiger charge is 2.15. The first kappa shape index (κ1) is 12.3. The standard InChI is InChI=1S/C7H9BrFN3O2S/c1-12(2)15(13,14)11-7-6(8)3-5(9)4-10-7/h3-4H,1-2H3,(H,10,11). The van der Waals surface area contributed by atoms with E-state index in [0.29, 0.717) is 0 Å². The highest BCUT2D eigenvalue weighted by atomic mass is 79.9. The van der Waals surface area contributed by atoms with Gasteiger partial charge in [0, 0.05) is 14.1 Å². The molecule has 0 atom stereocenters. The van der Waals surface area contributed by atoms with Gasteiger partial charge in [0.05, 0.1) is 10.7 Å². The van der Waals surface area contributed by atoms with Crippen LogP contribution >= 0.6 is 15.9 Å². The van der Waals surface area contributed by atoms with Crippen LogP contribution in [0.3, 0.4) is 0 Å². The monoisotopic (exact) mass is 297 g/mol. The summed E-state index contributed by atoms with van der Waals surface area (Å²) in [5, 5.41) is 0. The van der Waals surface area contributed by atoms with Crippen LogP contribution in [0.15, 0.2) is 16.7 Å². The SMILES string of the molecule is CN(C)S(=O)(=O)Nc1ncc(F)cc1Br. The third kappa shape index (κ3) is 3.11. The summed E-state index contributed by atoms with van der Waals surface area (Å²) < 4.78 is 38.9. The maximum Gasteiger partial charge on any atom is 0.302 e. The molecule has 84 valence electrons. The number of pyridine rings is 1. The first-order chi connectivity index (χ1) is 6.83. The molecule has 1 rings (SSSR count). The Balaban J connectivity index is 3.01. The van der Waals surface area contributed by atoms with Crippen molar-refractivity contribution in [3.05, 3.63) is 22.6 Å². The molecule has 0 fully saturated rings. The third-order valence-electron chi connectivity index (χ3n) is 1.51. The summed E-state index contributed by atoms with van der Waals surface area (Å²) in [6, 6.07) is 1.13. The molecule has 0 spiro atoms. The van der Waals surface area contributed by atoms with Gasteiger partial charge in [-0.1, -0.05) is 0 Å². The number of aromatic nitrogens is 1. The molecule has 15 heavy (non-hydrogen) atoms. The Hall–Kier alpha value is -0.730. The fourth-order valence-corrected chi connectivity index (χ4v) is 1.84. The van der Waals surface area contributed by atoms with Crippen LogP contribution < -0.4 is 4.72 Å². The van der Waals surface area contributed by atoms with Crippen molar-refractivity contribution in [2.24, 2.45) is 0 Å².